The third-order valence-electron chi connectivity index (χ3n) is 4.04. The zero-order chi connectivity index (χ0) is 14.4. The van der Waals surface area contributed by atoms with Crippen LogP contribution in [-0.4, -0.2) is 17.0 Å². The van der Waals surface area contributed by atoms with E-state index in [9.17, 15) is 4.79 Å². The van der Waals surface area contributed by atoms with E-state index >= 15 is 0 Å². The van der Waals surface area contributed by atoms with Gasteiger partial charge in [-0.1, -0.05) is 54.8 Å². The molecule has 1 amide bonds. The van der Waals surface area contributed by atoms with Crippen molar-refractivity contribution in [3.05, 3.63) is 35.9 Å². The zero-order valence-corrected chi connectivity index (χ0v) is 11.5. The molecule has 20 heavy (non-hydrogen) atoms. The van der Waals surface area contributed by atoms with Gasteiger partial charge in [0.05, 0.1) is 0 Å². The normalized spacial score (nSPS) is 18.5. The Hall–Kier alpha value is -2.04. The van der Waals surface area contributed by atoms with E-state index in [2.05, 4.69) is 10.5 Å². The first-order valence-electron chi connectivity index (χ1n) is 6.99. The van der Waals surface area contributed by atoms with E-state index in [0.717, 1.165) is 24.8 Å². The monoisotopic (exact) mass is 275 g/mol. The maximum Gasteiger partial charge on any atom is 0.234 e. The molecular formula is C15H21N3O2. The lowest BCUT2D eigenvalue weighted by Crippen LogP contribution is -2.50. The van der Waals surface area contributed by atoms with Crippen LogP contribution in [0.25, 0.3) is 0 Å². The molecule has 0 unspecified atom stereocenters. The van der Waals surface area contributed by atoms with Crippen LogP contribution in [0.4, 0.5) is 0 Å². The van der Waals surface area contributed by atoms with Crippen LogP contribution in [0.5, 0.6) is 0 Å². The number of rotatable bonds is 4. The van der Waals surface area contributed by atoms with Crippen molar-refractivity contribution in [3.8, 4) is 0 Å². The Morgan fingerprint density at radius 3 is 2.50 bits per heavy atom. The Bertz CT molecular complexity index is 479. The predicted octanol–water partition coefficient (Wildman–Crippen LogP) is 2.00. The number of carbonyl (C=O) groups excluding carboxylic acids is 1. The first-order valence-corrected chi connectivity index (χ1v) is 6.99. The first kappa shape index (κ1) is 14.4. The Labute approximate surface area is 118 Å². The van der Waals surface area contributed by atoms with Gasteiger partial charge < -0.3 is 16.3 Å². The predicted molar refractivity (Wildman–Crippen MR) is 77.2 cm³/mol. The Morgan fingerprint density at radius 1 is 1.25 bits per heavy atom. The van der Waals surface area contributed by atoms with Gasteiger partial charge in [-0.2, -0.15) is 0 Å². The van der Waals surface area contributed by atoms with Crippen LogP contribution in [0.3, 0.4) is 0 Å². The molecule has 1 fully saturated rings. The summed E-state index contributed by atoms with van der Waals surface area (Å²) in [5, 5.41) is 15.0. The molecule has 0 radical (unpaired) electrons. The van der Waals surface area contributed by atoms with Gasteiger partial charge >= 0.3 is 0 Å². The Morgan fingerprint density at radius 2 is 1.90 bits per heavy atom. The smallest absolute Gasteiger partial charge is 0.234 e. The standard InChI is InChI=1S/C15H21N3O2/c16-13(18-20)15(9-5-2-6-10-15)14(19)17-11-12-7-3-1-4-8-12/h1,3-4,7-8,20H,2,5-6,9-11H2,(H2,16,18)(H,17,19). The molecule has 108 valence electrons. The summed E-state index contributed by atoms with van der Waals surface area (Å²) < 4.78 is 0. The highest BCUT2D eigenvalue weighted by Crippen LogP contribution is 2.36. The minimum Gasteiger partial charge on any atom is -0.409 e. The molecule has 5 nitrogen and oxygen atoms in total. The molecule has 0 atom stereocenters. The Kier molecular flexibility index (Phi) is 4.61. The summed E-state index contributed by atoms with van der Waals surface area (Å²) in [5.41, 5.74) is 5.98. The van der Waals surface area contributed by atoms with Crippen molar-refractivity contribution in [1.82, 2.24) is 5.32 Å². The highest BCUT2D eigenvalue weighted by Gasteiger charge is 2.43. The van der Waals surface area contributed by atoms with E-state index in [1.807, 2.05) is 30.3 Å². The number of amidine groups is 1. The van der Waals surface area contributed by atoms with Gasteiger partial charge in [0.25, 0.3) is 0 Å². The summed E-state index contributed by atoms with van der Waals surface area (Å²) in [7, 11) is 0. The highest BCUT2D eigenvalue weighted by molar-refractivity contribution is 6.06. The Balaban J connectivity index is 2.07. The second-order valence-electron chi connectivity index (χ2n) is 5.30. The third-order valence-corrected chi connectivity index (χ3v) is 4.04. The van der Waals surface area contributed by atoms with Gasteiger partial charge in [0.2, 0.25) is 5.91 Å². The number of amides is 1. The largest absolute Gasteiger partial charge is 0.409 e. The molecule has 0 spiro atoms. The summed E-state index contributed by atoms with van der Waals surface area (Å²) in [6.07, 6.45) is 4.23. The van der Waals surface area contributed by atoms with Crippen LogP contribution in [0.1, 0.15) is 37.7 Å². The lowest BCUT2D eigenvalue weighted by Gasteiger charge is -2.34. The van der Waals surface area contributed by atoms with Crippen molar-refractivity contribution >= 4 is 11.7 Å². The lowest BCUT2D eigenvalue weighted by molar-refractivity contribution is -0.129. The van der Waals surface area contributed by atoms with Gasteiger partial charge in [-0.15, -0.1) is 0 Å². The molecule has 1 aliphatic carbocycles. The van der Waals surface area contributed by atoms with Crippen LogP contribution in [0, 0.1) is 5.41 Å². The van der Waals surface area contributed by atoms with Crippen molar-refractivity contribution in [2.75, 3.05) is 0 Å². The van der Waals surface area contributed by atoms with Crippen LogP contribution in [-0.2, 0) is 11.3 Å². The fourth-order valence-corrected chi connectivity index (χ4v) is 2.80. The number of nitrogens with two attached hydrogens (primary N) is 1. The van der Waals surface area contributed by atoms with Crippen molar-refractivity contribution in [3.63, 3.8) is 0 Å². The minimum absolute atomic E-state index is 0.0303. The maximum absolute atomic E-state index is 12.5. The van der Waals surface area contributed by atoms with Gasteiger partial charge in [-0.3, -0.25) is 4.79 Å². The average molecular weight is 275 g/mol. The molecular weight excluding hydrogens is 254 g/mol. The molecule has 0 heterocycles. The molecule has 0 aliphatic heterocycles. The zero-order valence-electron chi connectivity index (χ0n) is 11.5. The number of nitrogens with one attached hydrogen (secondary N) is 1. The average Bonchev–Trinajstić information content (AvgIpc) is 2.53. The number of nitrogens with zero attached hydrogens (tertiary/aromatic N) is 1. The van der Waals surface area contributed by atoms with Gasteiger partial charge in [-0.05, 0) is 18.4 Å². The van der Waals surface area contributed by atoms with Crippen molar-refractivity contribution in [1.29, 1.82) is 0 Å². The van der Waals surface area contributed by atoms with Gasteiger partial charge in [0, 0.05) is 6.54 Å². The molecule has 2 rings (SSSR count). The molecule has 1 saturated carbocycles. The summed E-state index contributed by atoms with van der Waals surface area (Å²) in [4.78, 5) is 12.5. The molecule has 1 aromatic carbocycles. The summed E-state index contributed by atoms with van der Waals surface area (Å²) in [6.45, 7) is 0.458. The number of carbonyl (C=O) groups is 1. The first-order chi connectivity index (χ1) is 9.69. The van der Waals surface area contributed by atoms with Crippen LogP contribution in [0.15, 0.2) is 35.5 Å². The lowest BCUT2D eigenvalue weighted by atomic mass is 9.72. The number of oxime groups is 1. The molecule has 4 N–H and O–H groups in total. The molecule has 1 aliphatic rings. The number of benzene rings is 1. The van der Waals surface area contributed by atoms with Crippen molar-refractivity contribution < 1.29 is 10.0 Å². The van der Waals surface area contributed by atoms with Crippen LogP contribution < -0.4 is 11.1 Å². The minimum atomic E-state index is -0.845. The van der Waals surface area contributed by atoms with E-state index in [-0.39, 0.29) is 11.7 Å². The van der Waals surface area contributed by atoms with E-state index in [1.54, 1.807) is 0 Å². The molecule has 1 aromatic rings. The van der Waals surface area contributed by atoms with Crippen molar-refractivity contribution in [2.24, 2.45) is 16.3 Å². The molecule has 5 heteroatoms. The maximum atomic E-state index is 12.5. The van der Waals surface area contributed by atoms with Crippen molar-refractivity contribution in [2.45, 2.75) is 38.6 Å². The van der Waals surface area contributed by atoms with E-state index in [4.69, 9.17) is 10.9 Å². The third kappa shape index (κ3) is 2.92. The second-order valence-corrected chi connectivity index (χ2v) is 5.30. The molecule has 0 bridgehead atoms. The van der Waals surface area contributed by atoms with E-state index in [1.165, 1.54) is 0 Å². The van der Waals surface area contributed by atoms with Crippen LogP contribution in [0.2, 0.25) is 0 Å². The SMILES string of the molecule is NC(=NO)C1(C(=O)NCc2ccccc2)CCCCC1. The molecule has 0 aromatic heterocycles. The summed E-state index contributed by atoms with van der Waals surface area (Å²) in [6, 6.07) is 9.71. The van der Waals surface area contributed by atoms with E-state index in [0.29, 0.717) is 19.4 Å². The molecule has 0 saturated heterocycles. The second kappa shape index (κ2) is 6.41. The highest BCUT2D eigenvalue weighted by atomic mass is 16.4. The summed E-state index contributed by atoms with van der Waals surface area (Å²) in [5.74, 6) is -0.112. The van der Waals surface area contributed by atoms with E-state index < -0.39 is 5.41 Å². The van der Waals surface area contributed by atoms with Gasteiger partial charge in [0.1, 0.15) is 5.41 Å². The van der Waals surface area contributed by atoms with Gasteiger partial charge in [0.15, 0.2) is 5.84 Å². The number of hydrogen-bond donors (Lipinski definition) is 3. The number of hydrogen-bond acceptors (Lipinski definition) is 3. The quantitative estimate of drug-likeness (QED) is 0.340. The van der Waals surface area contributed by atoms with Gasteiger partial charge in [-0.25, -0.2) is 0 Å². The van der Waals surface area contributed by atoms with Crippen LogP contribution >= 0.6 is 0 Å². The summed E-state index contributed by atoms with van der Waals surface area (Å²) >= 11 is 0. The fraction of sp³-hybridized carbons (Fsp3) is 0.467. The fourth-order valence-electron chi connectivity index (χ4n) is 2.80. The topological polar surface area (TPSA) is 87.7 Å².